The number of alkyl halides is 3. The maximum atomic E-state index is 12.8. The number of aldehydes is 1. The number of piperidine rings is 1. The number of halogens is 3. The Bertz CT molecular complexity index is 560. The maximum Gasteiger partial charge on any atom is 0.393 e. The van der Waals surface area contributed by atoms with Gasteiger partial charge in [0.25, 0.3) is 5.69 Å². The van der Waals surface area contributed by atoms with Gasteiger partial charge in [0, 0.05) is 24.7 Å². The number of carbonyl (C=O) groups excluding carboxylic acids is 1. The monoisotopic (exact) mass is 302 g/mol. The molecule has 0 aliphatic carbocycles. The first kappa shape index (κ1) is 15.3. The van der Waals surface area contributed by atoms with Crippen molar-refractivity contribution >= 4 is 17.7 Å². The minimum absolute atomic E-state index is 0.0280. The first-order valence-electron chi connectivity index (χ1n) is 6.38. The lowest BCUT2D eigenvalue weighted by atomic mass is 9.96. The van der Waals surface area contributed by atoms with Crippen LogP contribution in [0.2, 0.25) is 0 Å². The third kappa shape index (κ3) is 3.32. The van der Waals surface area contributed by atoms with Crippen LogP contribution in [-0.4, -0.2) is 30.5 Å². The van der Waals surface area contributed by atoms with E-state index in [0.717, 1.165) is 6.07 Å². The van der Waals surface area contributed by atoms with Crippen LogP contribution in [0.25, 0.3) is 0 Å². The first-order valence-corrected chi connectivity index (χ1v) is 6.38. The van der Waals surface area contributed by atoms with Gasteiger partial charge in [0.1, 0.15) is 12.0 Å². The molecule has 0 saturated carbocycles. The highest BCUT2D eigenvalue weighted by atomic mass is 19.4. The van der Waals surface area contributed by atoms with E-state index in [4.69, 9.17) is 0 Å². The Hall–Kier alpha value is -2.12. The SMILES string of the molecule is O=Cc1ccc(N2CCCC(C(F)(F)F)C2)c([N+](=O)[O-])c1. The van der Waals surface area contributed by atoms with E-state index < -0.39 is 17.0 Å². The molecule has 21 heavy (non-hydrogen) atoms. The Morgan fingerprint density at radius 3 is 2.67 bits per heavy atom. The Balaban J connectivity index is 2.32. The third-order valence-electron chi connectivity index (χ3n) is 3.56. The molecule has 1 atom stereocenters. The van der Waals surface area contributed by atoms with Crippen LogP contribution >= 0.6 is 0 Å². The Labute approximate surface area is 118 Å². The van der Waals surface area contributed by atoms with Crippen molar-refractivity contribution in [2.24, 2.45) is 5.92 Å². The summed E-state index contributed by atoms with van der Waals surface area (Å²) in [6.07, 6.45) is -3.50. The van der Waals surface area contributed by atoms with Gasteiger partial charge in [-0.05, 0) is 25.0 Å². The number of nitro benzene ring substituents is 1. The molecule has 114 valence electrons. The van der Waals surface area contributed by atoms with Gasteiger partial charge in [-0.25, -0.2) is 0 Å². The zero-order chi connectivity index (χ0) is 15.6. The van der Waals surface area contributed by atoms with Crippen LogP contribution in [0.4, 0.5) is 24.5 Å². The summed E-state index contributed by atoms with van der Waals surface area (Å²) in [6.45, 7) is 0.0264. The molecule has 1 aliphatic rings. The summed E-state index contributed by atoms with van der Waals surface area (Å²) in [5.41, 5.74) is -0.100. The molecule has 0 radical (unpaired) electrons. The molecule has 1 fully saturated rings. The van der Waals surface area contributed by atoms with Crippen LogP contribution in [-0.2, 0) is 0 Å². The van der Waals surface area contributed by atoms with Crippen molar-refractivity contribution in [2.75, 3.05) is 18.0 Å². The van der Waals surface area contributed by atoms with Crippen molar-refractivity contribution in [1.82, 2.24) is 0 Å². The number of hydrogen-bond donors (Lipinski definition) is 0. The first-order chi connectivity index (χ1) is 9.82. The molecule has 1 aliphatic heterocycles. The topological polar surface area (TPSA) is 63.5 Å². The minimum atomic E-state index is -4.31. The van der Waals surface area contributed by atoms with E-state index in [1.54, 1.807) is 0 Å². The summed E-state index contributed by atoms with van der Waals surface area (Å²) in [7, 11) is 0. The molecular formula is C13H13F3N2O3. The smallest absolute Gasteiger partial charge is 0.365 e. The molecule has 1 heterocycles. The van der Waals surface area contributed by atoms with Crippen LogP contribution < -0.4 is 4.90 Å². The molecule has 0 spiro atoms. The standard InChI is InChI=1S/C13H13F3N2O3/c14-13(15,16)10-2-1-5-17(7-10)11-4-3-9(8-19)6-12(11)18(20)21/h3-4,6,8,10H,1-2,5,7H2. The van der Waals surface area contributed by atoms with Crippen molar-refractivity contribution in [3.8, 4) is 0 Å². The van der Waals surface area contributed by atoms with E-state index >= 15 is 0 Å². The van der Waals surface area contributed by atoms with Crippen molar-refractivity contribution in [3.63, 3.8) is 0 Å². The molecule has 1 unspecified atom stereocenters. The fourth-order valence-electron chi connectivity index (χ4n) is 2.49. The summed E-state index contributed by atoms with van der Waals surface area (Å²) in [6, 6.07) is 3.78. The second-order valence-electron chi connectivity index (χ2n) is 4.95. The number of nitro groups is 1. The molecule has 0 N–H and O–H groups in total. The van der Waals surface area contributed by atoms with Gasteiger partial charge in [-0.1, -0.05) is 0 Å². The summed E-state index contributed by atoms with van der Waals surface area (Å²) < 4.78 is 38.4. The highest BCUT2D eigenvalue weighted by Crippen LogP contribution is 2.37. The van der Waals surface area contributed by atoms with Crippen LogP contribution in [0.15, 0.2) is 18.2 Å². The molecule has 1 aromatic carbocycles. The van der Waals surface area contributed by atoms with Crippen LogP contribution in [0.5, 0.6) is 0 Å². The molecule has 1 aromatic rings. The second-order valence-corrected chi connectivity index (χ2v) is 4.95. The van der Waals surface area contributed by atoms with Crippen molar-refractivity contribution in [3.05, 3.63) is 33.9 Å². The van der Waals surface area contributed by atoms with Gasteiger partial charge in [-0.15, -0.1) is 0 Å². The summed E-state index contributed by atoms with van der Waals surface area (Å²) in [4.78, 5) is 22.4. The lowest BCUT2D eigenvalue weighted by Crippen LogP contribution is -2.42. The van der Waals surface area contributed by atoms with Gasteiger partial charge in [0.05, 0.1) is 10.8 Å². The van der Waals surface area contributed by atoms with E-state index in [-0.39, 0.29) is 29.9 Å². The van der Waals surface area contributed by atoms with Gasteiger partial charge < -0.3 is 4.90 Å². The average molecular weight is 302 g/mol. The van der Waals surface area contributed by atoms with Crippen LogP contribution in [0, 0.1) is 16.0 Å². The van der Waals surface area contributed by atoms with Crippen molar-refractivity contribution < 1.29 is 22.9 Å². The Morgan fingerprint density at radius 1 is 1.38 bits per heavy atom. The molecule has 1 saturated heterocycles. The van der Waals surface area contributed by atoms with Crippen LogP contribution in [0.3, 0.4) is 0 Å². The summed E-state index contributed by atoms with van der Waals surface area (Å²) >= 11 is 0. The number of rotatable bonds is 3. The quantitative estimate of drug-likeness (QED) is 0.488. The van der Waals surface area contributed by atoms with E-state index in [2.05, 4.69) is 0 Å². The third-order valence-corrected chi connectivity index (χ3v) is 3.56. The van der Waals surface area contributed by atoms with Gasteiger partial charge in [0.2, 0.25) is 0 Å². The number of benzene rings is 1. The van der Waals surface area contributed by atoms with Crippen molar-refractivity contribution in [1.29, 1.82) is 0 Å². The lowest BCUT2D eigenvalue weighted by molar-refractivity contribution is -0.384. The zero-order valence-electron chi connectivity index (χ0n) is 11.0. The van der Waals surface area contributed by atoms with Crippen LogP contribution in [0.1, 0.15) is 23.2 Å². The molecule has 0 bridgehead atoms. The average Bonchev–Trinajstić information content (AvgIpc) is 2.45. The van der Waals surface area contributed by atoms with Gasteiger partial charge >= 0.3 is 6.18 Å². The fourth-order valence-corrected chi connectivity index (χ4v) is 2.49. The number of carbonyl (C=O) groups is 1. The molecule has 5 nitrogen and oxygen atoms in total. The normalized spacial score (nSPS) is 19.4. The van der Waals surface area contributed by atoms with Crippen molar-refractivity contribution in [2.45, 2.75) is 19.0 Å². The predicted molar refractivity (Wildman–Crippen MR) is 69.5 cm³/mol. The molecule has 2 rings (SSSR count). The van der Waals surface area contributed by atoms with E-state index in [1.165, 1.54) is 17.0 Å². The highest BCUT2D eigenvalue weighted by Gasteiger charge is 2.42. The largest absolute Gasteiger partial charge is 0.393 e. The molecule has 8 heteroatoms. The van der Waals surface area contributed by atoms with E-state index in [9.17, 15) is 28.1 Å². The van der Waals surface area contributed by atoms with Gasteiger partial charge in [0.15, 0.2) is 0 Å². The molecule has 0 aromatic heterocycles. The Morgan fingerprint density at radius 2 is 2.10 bits per heavy atom. The van der Waals surface area contributed by atoms with Gasteiger partial charge in [-0.3, -0.25) is 14.9 Å². The highest BCUT2D eigenvalue weighted by molar-refractivity contribution is 5.79. The van der Waals surface area contributed by atoms with E-state index in [0.29, 0.717) is 19.3 Å². The lowest BCUT2D eigenvalue weighted by Gasteiger charge is -2.34. The van der Waals surface area contributed by atoms with Gasteiger partial charge in [-0.2, -0.15) is 13.2 Å². The Kier molecular flexibility index (Phi) is 4.15. The second kappa shape index (κ2) is 5.71. The zero-order valence-corrected chi connectivity index (χ0v) is 11.0. The number of hydrogen-bond acceptors (Lipinski definition) is 4. The summed E-state index contributed by atoms with van der Waals surface area (Å²) in [5.74, 6) is -1.49. The maximum absolute atomic E-state index is 12.8. The molecule has 0 amide bonds. The summed E-state index contributed by atoms with van der Waals surface area (Å²) in [5, 5.41) is 11.1. The molecular weight excluding hydrogens is 289 g/mol. The predicted octanol–water partition coefficient (Wildman–Crippen LogP) is 3.19. The fraction of sp³-hybridized carbons (Fsp3) is 0.462. The van der Waals surface area contributed by atoms with E-state index in [1.807, 2.05) is 0 Å². The number of nitrogens with zero attached hydrogens (tertiary/aromatic N) is 2. The minimum Gasteiger partial charge on any atom is -0.365 e. The number of anilines is 1.